The monoisotopic (exact) mass is 345 g/mol. The van der Waals surface area contributed by atoms with Crippen molar-refractivity contribution in [2.24, 2.45) is 0 Å². The van der Waals surface area contributed by atoms with E-state index in [1.165, 1.54) is 4.88 Å². The highest BCUT2D eigenvalue weighted by atomic mass is 32.1. The van der Waals surface area contributed by atoms with Crippen LogP contribution in [0.1, 0.15) is 31.3 Å². The molecule has 1 aromatic carbocycles. The molecule has 2 heterocycles. The van der Waals surface area contributed by atoms with Crippen molar-refractivity contribution in [1.82, 2.24) is 15.2 Å². The Balaban J connectivity index is 1.74. The normalized spacial score (nSPS) is 13.8. The van der Waals surface area contributed by atoms with Gasteiger partial charge in [0.15, 0.2) is 0 Å². The van der Waals surface area contributed by atoms with E-state index in [2.05, 4.69) is 5.32 Å². The van der Waals surface area contributed by atoms with Gasteiger partial charge in [0.2, 0.25) is 0 Å². The van der Waals surface area contributed by atoms with Gasteiger partial charge in [-0.25, -0.2) is 9.78 Å². The van der Waals surface area contributed by atoms with E-state index in [1.54, 1.807) is 11.3 Å². The minimum atomic E-state index is 0.00617. The number of ether oxygens (including phenoxy) is 1. The molecule has 0 unspecified atom stereocenters. The van der Waals surface area contributed by atoms with E-state index in [-0.39, 0.29) is 12.1 Å². The van der Waals surface area contributed by atoms with E-state index in [0.717, 1.165) is 35.0 Å². The number of nitrogens with one attached hydrogen (secondary N) is 1. The summed E-state index contributed by atoms with van der Waals surface area (Å²) < 4.78 is 5.48. The van der Waals surface area contributed by atoms with Crippen molar-refractivity contribution in [3.05, 3.63) is 34.8 Å². The van der Waals surface area contributed by atoms with E-state index in [9.17, 15) is 4.79 Å². The van der Waals surface area contributed by atoms with Crippen molar-refractivity contribution in [1.29, 1.82) is 0 Å². The Morgan fingerprint density at radius 1 is 1.38 bits per heavy atom. The lowest BCUT2D eigenvalue weighted by molar-refractivity contribution is 0.190. The Morgan fingerprint density at radius 3 is 2.79 bits per heavy atom. The fourth-order valence-corrected chi connectivity index (χ4v) is 3.82. The molecular formula is C18H23N3O2S. The molecule has 5 nitrogen and oxygen atoms in total. The molecular weight excluding hydrogens is 322 g/mol. The van der Waals surface area contributed by atoms with Gasteiger partial charge >= 0.3 is 6.03 Å². The summed E-state index contributed by atoms with van der Waals surface area (Å²) in [5.74, 6) is 0.874. The van der Waals surface area contributed by atoms with Crippen molar-refractivity contribution in [2.75, 3.05) is 13.2 Å². The summed E-state index contributed by atoms with van der Waals surface area (Å²) in [6, 6.07) is 8.19. The summed E-state index contributed by atoms with van der Waals surface area (Å²) >= 11 is 1.67. The molecule has 0 saturated heterocycles. The van der Waals surface area contributed by atoms with Crippen LogP contribution in [-0.2, 0) is 13.0 Å². The molecule has 0 radical (unpaired) electrons. The summed E-state index contributed by atoms with van der Waals surface area (Å²) in [5.41, 5.74) is 2.22. The molecule has 0 fully saturated rings. The van der Waals surface area contributed by atoms with Crippen molar-refractivity contribution >= 4 is 17.4 Å². The van der Waals surface area contributed by atoms with Gasteiger partial charge in [-0.3, -0.25) is 0 Å². The second-order valence-corrected chi connectivity index (χ2v) is 7.21. The van der Waals surface area contributed by atoms with Crippen molar-refractivity contribution in [3.8, 4) is 16.3 Å². The number of amides is 2. The van der Waals surface area contributed by atoms with Crippen LogP contribution in [0.5, 0.6) is 5.75 Å². The Labute approximate surface area is 146 Å². The lowest BCUT2D eigenvalue weighted by atomic mass is 10.2. The molecule has 1 N–H and O–H groups in total. The third kappa shape index (κ3) is 3.70. The molecule has 24 heavy (non-hydrogen) atoms. The van der Waals surface area contributed by atoms with Crippen molar-refractivity contribution < 1.29 is 9.53 Å². The van der Waals surface area contributed by atoms with E-state index >= 15 is 0 Å². The van der Waals surface area contributed by atoms with Crippen LogP contribution in [0, 0.1) is 0 Å². The maximum Gasteiger partial charge on any atom is 0.317 e. The van der Waals surface area contributed by atoms with Gasteiger partial charge in [0, 0.05) is 29.4 Å². The zero-order chi connectivity index (χ0) is 17.1. The zero-order valence-corrected chi connectivity index (χ0v) is 15.2. The van der Waals surface area contributed by atoms with Crippen LogP contribution < -0.4 is 10.1 Å². The SMILES string of the molecule is CCOc1ccc(-c2nc3c(s2)CN(C(=O)NC(C)C)CC3)cc1. The van der Waals surface area contributed by atoms with Crippen LogP contribution in [0.2, 0.25) is 0 Å². The predicted octanol–water partition coefficient (Wildman–Crippen LogP) is 3.68. The van der Waals surface area contributed by atoms with E-state index in [1.807, 2.05) is 49.9 Å². The summed E-state index contributed by atoms with van der Waals surface area (Å²) in [4.78, 5) is 20.0. The maximum atomic E-state index is 12.2. The molecule has 1 aromatic heterocycles. The Morgan fingerprint density at radius 2 is 2.12 bits per heavy atom. The summed E-state index contributed by atoms with van der Waals surface area (Å²) in [5, 5.41) is 3.97. The summed E-state index contributed by atoms with van der Waals surface area (Å²) in [7, 11) is 0. The standard InChI is InChI=1S/C18H23N3O2S/c1-4-23-14-7-5-13(6-8-14)17-20-15-9-10-21(11-16(15)24-17)18(22)19-12(2)3/h5-8,12H,4,9-11H2,1-3H3,(H,19,22). The van der Waals surface area contributed by atoms with Gasteiger partial charge in [0.1, 0.15) is 10.8 Å². The van der Waals surface area contributed by atoms with Crippen LogP contribution >= 0.6 is 11.3 Å². The number of aromatic nitrogens is 1. The first-order valence-electron chi connectivity index (χ1n) is 8.34. The lowest BCUT2D eigenvalue weighted by Crippen LogP contribution is -2.44. The number of carbonyl (C=O) groups is 1. The molecule has 0 aliphatic carbocycles. The first-order valence-corrected chi connectivity index (χ1v) is 9.15. The quantitative estimate of drug-likeness (QED) is 0.919. The Bertz CT molecular complexity index is 710. The minimum absolute atomic E-state index is 0.00617. The second-order valence-electron chi connectivity index (χ2n) is 6.12. The second kappa shape index (κ2) is 7.21. The third-order valence-electron chi connectivity index (χ3n) is 3.84. The fraction of sp³-hybridized carbons (Fsp3) is 0.444. The first kappa shape index (κ1) is 16.8. The number of carbonyl (C=O) groups excluding carboxylic acids is 1. The maximum absolute atomic E-state index is 12.2. The van der Waals surface area contributed by atoms with Crippen LogP contribution in [-0.4, -0.2) is 35.1 Å². The number of nitrogens with zero attached hydrogens (tertiary/aromatic N) is 2. The topological polar surface area (TPSA) is 54.5 Å². The molecule has 3 rings (SSSR count). The average Bonchev–Trinajstić information content (AvgIpc) is 2.98. The highest BCUT2D eigenvalue weighted by Gasteiger charge is 2.24. The van der Waals surface area contributed by atoms with E-state index in [4.69, 9.17) is 9.72 Å². The van der Waals surface area contributed by atoms with E-state index in [0.29, 0.717) is 13.2 Å². The highest BCUT2D eigenvalue weighted by molar-refractivity contribution is 7.15. The van der Waals surface area contributed by atoms with Gasteiger partial charge < -0.3 is 15.0 Å². The molecule has 2 aromatic rings. The predicted molar refractivity (Wildman–Crippen MR) is 96.5 cm³/mol. The molecule has 0 atom stereocenters. The summed E-state index contributed by atoms with van der Waals surface area (Å²) in [6.07, 6.45) is 0.814. The van der Waals surface area contributed by atoms with Gasteiger partial charge in [-0.05, 0) is 45.0 Å². The number of benzene rings is 1. The molecule has 0 saturated carbocycles. The largest absolute Gasteiger partial charge is 0.494 e. The number of hydrogen-bond acceptors (Lipinski definition) is 4. The lowest BCUT2D eigenvalue weighted by Gasteiger charge is -2.27. The summed E-state index contributed by atoms with van der Waals surface area (Å²) in [6.45, 7) is 7.96. The number of hydrogen-bond donors (Lipinski definition) is 1. The average molecular weight is 345 g/mol. The van der Waals surface area contributed by atoms with Crippen LogP contribution in [0.25, 0.3) is 10.6 Å². The number of fused-ring (bicyclic) bond motifs is 1. The van der Waals surface area contributed by atoms with E-state index < -0.39 is 0 Å². The van der Waals surface area contributed by atoms with Crippen molar-refractivity contribution in [2.45, 2.75) is 39.8 Å². The molecule has 0 bridgehead atoms. The number of thiazole rings is 1. The zero-order valence-electron chi connectivity index (χ0n) is 14.3. The Hall–Kier alpha value is -2.08. The fourth-order valence-electron chi connectivity index (χ4n) is 2.69. The molecule has 0 spiro atoms. The molecule has 6 heteroatoms. The Kier molecular flexibility index (Phi) is 5.04. The van der Waals surface area contributed by atoms with Gasteiger partial charge in [-0.1, -0.05) is 0 Å². The minimum Gasteiger partial charge on any atom is -0.494 e. The molecule has 2 amide bonds. The molecule has 1 aliphatic rings. The number of rotatable bonds is 4. The number of urea groups is 1. The van der Waals surface area contributed by atoms with Gasteiger partial charge in [-0.15, -0.1) is 11.3 Å². The van der Waals surface area contributed by atoms with Crippen molar-refractivity contribution in [3.63, 3.8) is 0 Å². The van der Waals surface area contributed by atoms with Crippen LogP contribution in [0.3, 0.4) is 0 Å². The molecule has 1 aliphatic heterocycles. The van der Waals surface area contributed by atoms with Gasteiger partial charge in [0.05, 0.1) is 18.8 Å². The van der Waals surface area contributed by atoms with Gasteiger partial charge in [-0.2, -0.15) is 0 Å². The first-order chi connectivity index (χ1) is 11.6. The molecule has 128 valence electrons. The van der Waals surface area contributed by atoms with Crippen LogP contribution in [0.4, 0.5) is 4.79 Å². The van der Waals surface area contributed by atoms with Gasteiger partial charge in [0.25, 0.3) is 0 Å². The smallest absolute Gasteiger partial charge is 0.317 e. The third-order valence-corrected chi connectivity index (χ3v) is 4.97. The van der Waals surface area contributed by atoms with Crippen LogP contribution in [0.15, 0.2) is 24.3 Å². The highest BCUT2D eigenvalue weighted by Crippen LogP contribution is 2.32.